The third-order valence-electron chi connectivity index (χ3n) is 2.12. The van der Waals surface area contributed by atoms with Gasteiger partial charge in [0.25, 0.3) is 0 Å². The highest BCUT2D eigenvalue weighted by Crippen LogP contribution is 2.29. The van der Waals surface area contributed by atoms with Crippen molar-refractivity contribution >= 4 is 11.6 Å². The fourth-order valence-corrected chi connectivity index (χ4v) is 1.63. The molecule has 3 N–H and O–H groups in total. The molecule has 0 aliphatic rings. The Morgan fingerprint density at radius 3 is 2.53 bits per heavy atom. The van der Waals surface area contributed by atoms with Crippen molar-refractivity contribution in [2.45, 2.75) is 18.9 Å². The largest absolute Gasteiger partial charge is 0.396 e. The average molecular weight is 236 g/mol. The van der Waals surface area contributed by atoms with Crippen LogP contribution in [0, 0.1) is 11.6 Å². The monoisotopic (exact) mass is 235 g/mol. The van der Waals surface area contributed by atoms with Crippen molar-refractivity contribution in [1.82, 2.24) is 0 Å². The van der Waals surface area contributed by atoms with Gasteiger partial charge in [-0.05, 0) is 25.0 Å². The van der Waals surface area contributed by atoms with Gasteiger partial charge in [0.1, 0.15) is 11.6 Å². The van der Waals surface area contributed by atoms with Gasteiger partial charge in [0.2, 0.25) is 0 Å². The van der Waals surface area contributed by atoms with E-state index in [1.54, 1.807) is 0 Å². The molecule has 0 radical (unpaired) electrons. The average Bonchev–Trinajstić information content (AvgIpc) is 2.21. The first-order valence-corrected chi connectivity index (χ1v) is 4.95. The lowest BCUT2D eigenvalue weighted by molar-refractivity contribution is 0.279. The number of benzene rings is 1. The van der Waals surface area contributed by atoms with Gasteiger partial charge in [0.05, 0.1) is 5.02 Å². The van der Waals surface area contributed by atoms with Crippen LogP contribution in [0.3, 0.4) is 0 Å². The van der Waals surface area contributed by atoms with Crippen LogP contribution < -0.4 is 5.73 Å². The Bertz CT molecular complexity index is 346. The Hall–Kier alpha value is -0.710. The number of nitrogens with two attached hydrogens (primary N) is 1. The van der Waals surface area contributed by atoms with Crippen LogP contribution in [-0.2, 0) is 0 Å². The summed E-state index contributed by atoms with van der Waals surface area (Å²) in [5.74, 6) is -1.31. The molecular formula is C10H12ClF2NO. The summed E-state index contributed by atoms with van der Waals surface area (Å²) >= 11 is 5.61. The van der Waals surface area contributed by atoms with Crippen molar-refractivity contribution in [2.24, 2.45) is 5.73 Å². The number of aliphatic hydroxyl groups excluding tert-OH is 1. The van der Waals surface area contributed by atoms with Crippen molar-refractivity contribution < 1.29 is 13.9 Å². The molecule has 15 heavy (non-hydrogen) atoms. The molecule has 0 aromatic heterocycles. The first-order valence-electron chi connectivity index (χ1n) is 4.57. The van der Waals surface area contributed by atoms with E-state index in [9.17, 15) is 8.78 Å². The molecule has 0 spiro atoms. The van der Waals surface area contributed by atoms with Crippen LogP contribution in [0.15, 0.2) is 12.1 Å². The van der Waals surface area contributed by atoms with E-state index in [1.165, 1.54) is 0 Å². The van der Waals surface area contributed by atoms with Crippen LogP contribution in [-0.4, -0.2) is 11.7 Å². The molecule has 0 amide bonds. The van der Waals surface area contributed by atoms with E-state index in [0.717, 1.165) is 12.1 Å². The second kappa shape index (κ2) is 5.39. The van der Waals surface area contributed by atoms with E-state index in [2.05, 4.69) is 0 Å². The van der Waals surface area contributed by atoms with E-state index in [4.69, 9.17) is 22.4 Å². The van der Waals surface area contributed by atoms with Gasteiger partial charge in [-0.25, -0.2) is 8.78 Å². The molecular weight excluding hydrogens is 224 g/mol. The predicted molar refractivity (Wildman–Crippen MR) is 54.6 cm³/mol. The standard InChI is InChI=1S/C10H12ClF2NO/c11-10-7(13)4-3-6(12)9(10)8(14)2-1-5-15/h3-4,8,15H,1-2,5,14H2/t8-/m0/s1. The van der Waals surface area contributed by atoms with Gasteiger partial charge >= 0.3 is 0 Å². The fourth-order valence-electron chi connectivity index (χ4n) is 1.34. The number of hydrogen-bond donors (Lipinski definition) is 2. The molecule has 0 heterocycles. The molecule has 84 valence electrons. The third-order valence-corrected chi connectivity index (χ3v) is 2.51. The smallest absolute Gasteiger partial charge is 0.142 e. The lowest BCUT2D eigenvalue weighted by Gasteiger charge is -2.14. The van der Waals surface area contributed by atoms with Crippen molar-refractivity contribution in [2.75, 3.05) is 6.61 Å². The Morgan fingerprint density at radius 1 is 1.33 bits per heavy atom. The summed E-state index contributed by atoms with van der Waals surface area (Å²) in [7, 11) is 0. The van der Waals surface area contributed by atoms with Gasteiger partial charge in [0.15, 0.2) is 0 Å². The first-order chi connectivity index (χ1) is 7.07. The molecule has 0 bridgehead atoms. The maximum absolute atomic E-state index is 13.3. The Morgan fingerprint density at radius 2 is 1.93 bits per heavy atom. The van der Waals surface area contributed by atoms with E-state index in [0.29, 0.717) is 12.8 Å². The first kappa shape index (κ1) is 12.4. The molecule has 2 nitrogen and oxygen atoms in total. The zero-order chi connectivity index (χ0) is 11.4. The predicted octanol–water partition coefficient (Wildman–Crippen LogP) is 2.39. The normalized spacial score (nSPS) is 12.9. The SMILES string of the molecule is N[C@@H](CCCO)c1c(F)ccc(F)c1Cl. The van der Waals surface area contributed by atoms with Gasteiger partial charge in [-0.1, -0.05) is 11.6 Å². The van der Waals surface area contributed by atoms with Crippen molar-refractivity contribution in [3.8, 4) is 0 Å². The van der Waals surface area contributed by atoms with Crippen LogP contribution >= 0.6 is 11.6 Å². The number of halogens is 3. The summed E-state index contributed by atoms with van der Waals surface area (Å²) in [6, 6.07) is 1.26. The van der Waals surface area contributed by atoms with Gasteiger partial charge in [-0.2, -0.15) is 0 Å². The van der Waals surface area contributed by atoms with Crippen LogP contribution in [0.2, 0.25) is 5.02 Å². The van der Waals surface area contributed by atoms with E-state index < -0.39 is 17.7 Å². The van der Waals surface area contributed by atoms with Crippen LogP contribution in [0.1, 0.15) is 24.4 Å². The minimum Gasteiger partial charge on any atom is -0.396 e. The van der Waals surface area contributed by atoms with Crippen LogP contribution in [0.5, 0.6) is 0 Å². The molecule has 0 saturated heterocycles. The highest BCUT2D eigenvalue weighted by atomic mass is 35.5. The van der Waals surface area contributed by atoms with Crippen LogP contribution in [0.4, 0.5) is 8.78 Å². The summed E-state index contributed by atoms with van der Waals surface area (Å²) in [4.78, 5) is 0. The Labute approximate surface area is 91.7 Å². The molecule has 5 heteroatoms. The molecule has 1 rings (SSSR count). The minimum atomic E-state index is -0.694. The Balaban J connectivity index is 2.96. The summed E-state index contributed by atoms with van der Waals surface area (Å²) in [6.45, 7) is -0.0394. The molecule has 1 atom stereocenters. The van der Waals surface area contributed by atoms with Crippen LogP contribution in [0.25, 0.3) is 0 Å². The van der Waals surface area contributed by atoms with Crippen molar-refractivity contribution in [3.05, 3.63) is 34.4 Å². The lowest BCUT2D eigenvalue weighted by Crippen LogP contribution is -2.14. The fraction of sp³-hybridized carbons (Fsp3) is 0.400. The van der Waals surface area contributed by atoms with E-state index >= 15 is 0 Å². The molecule has 0 unspecified atom stereocenters. The molecule has 0 saturated carbocycles. The van der Waals surface area contributed by atoms with E-state index in [-0.39, 0.29) is 17.2 Å². The summed E-state index contributed by atoms with van der Waals surface area (Å²) < 4.78 is 26.4. The lowest BCUT2D eigenvalue weighted by atomic mass is 10.0. The molecule has 0 fully saturated rings. The maximum Gasteiger partial charge on any atom is 0.142 e. The highest BCUT2D eigenvalue weighted by molar-refractivity contribution is 6.31. The summed E-state index contributed by atoms with van der Waals surface area (Å²) in [5, 5.41) is 8.32. The zero-order valence-electron chi connectivity index (χ0n) is 8.01. The second-order valence-corrected chi connectivity index (χ2v) is 3.61. The van der Waals surface area contributed by atoms with Gasteiger partial charge in [-0.3, -0.25) is 0 Å². The van der Waals surface area contributed by atoms with Gasteiger partial charge in [-0.15, -0.1) is 0 Å². The summed E-state index contributed by atoms with van der Waals surface area (Å²) in [5.41, 5.74) is 5.63. The minimum absolute atomic E-state index is 0.0230. The van der Waals surface area contributed by atoms with Gasteiger partial charge < -0.3 is 10.8 Å². The van der Waals surface area contributed by atoms with Crippen molar-refractivity contribution in [3.63, 3.8) is 0 Å². The van der Waals surface area contributed by atoms with Crippen molar-refractivity contribution in [1.29, 1.82) is 0 Å². The quantitative estimate of drug-likeness (QED) is 0.788. The number of aliphatic hydroxyl groups is 1. The number of hydrogen-bond acceptors (Lipinski definition) is 2. The number of rotatable bonds is 4. The molecule has 1 aromatic rings. The molecule has 1 aromatic carbocycles. The third kappa shape index (κ3) is 2.87. The summed E-state index contributed by atoms with van der Waals surface area (Å²) in [6.07, 6.45) is 0.782. The van der Waals surface area contributed by atoms with Gasteiger partial charge in [0, 0.05) is 18.2 Å². The maximum atomic E-state index is 13.3. The zero-order valence-corrected chi connectivity index (χ0v) is 8.77. The molecule has 0 aliphatic heterocycles. The highest BCUT2D eigenvalue weighted by Gasteiger charge is 2.17. The second-order valence-electron chi connectivity index (χ2n) is 3.23. The Kier molecular flexibility index (Phi) is 4.45. The van der Waals surface area contributed by atoms with E-state index in [1.807, 2.05) is 0 Å². The molecule has 0 aliphatic carbocycles. The topological polar surface area (TPSA) is 46.2 Å².